The smallest absolute Gasteiger partial charge is 0.244 e. The quantitative estimate of drug-likeness (QED) is 0.804. The zero-order valence-corrected chi connectivity index (χ0v) is 14.2. The van der Waals surface area contributed by atoms with Gasteiger partial charge in [-0.25, -0.2) is 8.78 Å². The van der Waals surface area contributed by atoms with Crippen molar-refractivity contribution in [2.75, 3.05) is 16.8 Å². The summed E-state index contributed by atoms with van der Waals surface area (Å²) in [6, 6.07) is 8.09. The predicted octanol–water partition coefficient (Wildman–Crippen LogP) is 3.82. The lowest BCUT2D eigenvalue weighted by Gasteiger charge is -2.15. The van der Waals surface area contributed by atoms with Crippen LogP contribution in [0, 0.1) is 11.6 Å². The van der Waals surface area contributed by atoms with Gasteiger partial charge in [-0.1, -0.05) is 15.9 Å². The van der Waals surface area contributed by atoms with Gasteiger partial charge in [0.2, 0.25) is 11.8 Å². The van der Waals surface area contributed by atoms with Crippen molar-refractivity contribution in [1.82, 2.24) is 0 Å². The first-order valence-corrected chi connectivity index (χ1v) is 8.08. The highest BCUT2D eigenvalue weighted by molar-refractivity contribution is 9.10. The van der Waals surface area contributed by atoms with Crippen LogP contribution in [-0.4, -0.2) is 18.4 Å². The van der Waals surface area contributed by atoms with E-state index in [9.17, 15) is 18.4 Å². The topological polar surface area (TPSA) is 49.4 Å². The van der Waals surface area contributed by atoms with Crippen molar-refractivity contribution in [1.29, 1.82) is 0 Å². The SMILES string of the molecule is CCN1C(=O)C(C(=O)Nc2ccc(F)cc2F)c2cc(Br)ccc21. The van der Waals surface area contributed by atoms with Crippen molar-refractivity contribution in [2.45, 2.75) is 12.8 Å². The Bertz CT molecular complexity index is 841. The molecule has 24 heavy (non-hydrogen) atoms. The third-order valence-corrected chi connectivity index (χ3v) is 4.37. The Balaban J connectivity index is 1.95. The lowest BCUT2D eigenvalue weighted by molar-refractivity contribution is -0.126. The average molecular weight is 395 g/mol. The molecule has 1 atom stereocenters. The van der Waals surface area contributed by atoms with Crippen molar-refractivity contribution in [3.05, 3.63) is 58.1 Å². The maximum Gasteiger partial charge on any atom is 0.244 e. The van der Waals surface area contributed by atoms with Crippen molar-refractivity contribution in [2.24, 2.45) is 0 Å². The van der Waals surface area contributed by atoms with Crippen LogP contribution in [0.25, 0.3) is 0 Å². The number of hydrogen-bond donors (Lipinski definition) is 1. The standard InChI is InChI=1S/C17H13BrF2N2O2/c1-2-22-14-6-3-9(18)7-11(14)15(17(22)24)16(23)21-13-5-4-10(19)8-12(13)20/h3-8,15H,2H2,1H3,(H,21,23). The van der Waals surface area contributed by atoms with E-state index in [-0.39, 0.29) is 11.6 Å². The lowest BCUT2D eigenvalue weighted by Crippen LogP contribution is -2.33. The molecule has 2 aromatic carbocycles. The third-order valence-electron chi connectivity index (χ3n) is 3.87. The zero-order valence-electron chi connectivity index (χ0n) is 12.6. The zero-order chi connectivity index (χ0) is 17.4. The van der Waals surface area contributed by atoms with Crippen molar-refractivity contribution < 1.29 is 18.4 Å². The maximum atomic E-state index is 13.7. The summed E-state index contributed by atoms with van der Waals surface area (Å²) in [6.45, 7) is 2.23. The van der Waals surface area contributed by atoms with Gasteiger partial charge in [0.1, 0.15) is 17.6 Å². The molecule has 1 N–H and O–H groups in total. The van der Waals surface area contributed by atoms with E-state index in [0.717, 1.165) is 16.6 Å². The number of nitrogens with zero attached hydrogens (tertiary/aromatic N) is 1. The molecule has 0 saturated heterocycles. The van der Waals surface area contributed by atoms with Gasteiger partial charge in [-0.15, -0.1) is 0 Å². The van der Waals surface area contributed by atoms with Gasteiger partial charge in [0.25, 0.3) is 0 Å². The van der Waals surface area contributed by atoms with Gasteiger partial charge < -0.3 is 10.2 Å². The van der Waals surface area contributed by atoms with E-state index in [1.165, 1.54) is 4.90 Å². The first-order valence-electron chi connectivity index (χ1n) is 7.29. The van der Waals surface area contributed by atoms with Crippen LogP contribution in [0.4, 0.5) is 20.2 Å². The maximum absolute atomic E-state index is 13.7. The number of carbonyl (C=O) groups is 2. The lowest BCUT2D eigenvalue weighted by atomic mass is 10.00. The second-order valence-electron chi connectivity index (χ2n) is 5.33. The number of amides is 2. The molecule has 124 valence electrons. The molecule has 0 fully saturated rings. The molecular weight excluding hydrogens is 382 g/mol. The van der Waals surface area contributed by atoms with E-state index < -0.39 is 23.5 Å². The highest BCUT2D eigenvalue weighted by Crippen LogP contribution is 2.39. The molecule has 0 bridgehead atoms. The normalized spacial score (nSPS) is 16.2. The first-order chi connectivity index (χ1) is 11.4. The third kappa shape index (κ3) is 2.80. The fourth-order valence-electron chi connectivity index (χ4n) is 2.79. The molecule has 0 aromatic heterocycles. The van der Waals surface area contributed by atoms with E-state index in [1.807, 2.05) is 6.92 Å². The summed E-state index contributed by atoms with van der Waals surface area (Å²) in [5.74, 6) is -3.72. The summed E-state index contributed by atoms with van der Waals surface area (Å²) in [7, 11) is 0. The van der Waals surface area contributed by atoms with Gasteiger partial charge in [0, 0.05) is 22.8 Å². The van der Waals surface area contributed by atoms with Gasteiger partial charge in [-0.3, -0.25) is 9.59 Å². The molecule has 1 heterocycles. The molecule has 0 aliphatic carbocycles. The van der Waals surface area contributed by atoms with Crippen LogP contribution in [0.5, 0.6) is 0 Å². The Morgan fingerprint density at radius 3 is 2.67 bits per heavy atom. The summed E-state index contributed by atoms with van der Waals surface area (Å²) in [6.07, 6.45) is 0. The predicted molar refractivity (Wildman–Crippen MR) is 89.9 cm³/mol. The van der Waals surface area contributed by atoms with E-state index >= 15 is 0 Å². The number of rotatable bonds is 3. The summed E-state index contributed by atoms with van der Waals surface area (Å²) < 4.78 is 27.4. The van der Waals surface area contributed by atoms with Crippen molar-refractivity contribution in [3.63, 3.8) is 0 Å². The highest BCUT2D eigenvalue weighted by atomic mass is 79.9. The minimum atomic E-state index is -1.07. The number of carbonyl (C=O) groups excluding carboxylic acids is 2. The number of halogens is 3. The van der Waals surface area contributed by atoms with E-state index in [2.05, 4.69) is 21.2 Å². The molecular formula is C17H13BrF2N2O2. The summed E-state index contributed by atoms with van der Waals surface area (Å²) >= 11 is 3.33. The Morgan fingerprint density at radius 1 is 1.25 bits per heavy atom. The molecule has 1 aliphatic heterocycles. The molecule has 3 rings (SSSR count). The molecule has 1 aliphatic rings. The molecule has 0 radical (unpaired) electrons. The first kappa shape index (κ1) is 16.6. The molecule has 7 heteroatoms. The molecule has 2 amide bonds. The fraction of sp³-hybridized carbons (Fsp3) is 0.176. The van der Waals surface area contributed by atoms with E-state index in [0.29, 0.717) is 23.9 Å². The van der Waals surface area contributed by atoms with E-state index in [1.54, 1.807) is 18.2 Å². The van der Waals surface area contributed by atoms with Crippen LogP contribution in [-0.2, 0) is 9.59 Å². The van der Waals surface area contributed by atoms with Crippen molar-refractivity contribution >= 4 is 39.1 Å². The second kappa shape index (κ2) is 6.32. The number of likely N-dealkylation sites (N-methyl/N-ethyl adjacent to an activating group) is 1. The number of hydrogen-bond acceptors (Lipinski definition) is 2. The average Bonchev–Trinajstić information content (AvgIpc) is 2.80. The fourth-order valence-corrected chi connectivity index (χ4v) is 3.16. The summed E-state index contributed by atoms with van der Waals surface area (Å²) in [5, 5.41) is 2.37. The molecule has 1 unspecified atom stereocenters. The van der Waals surface area contributed by atoms with Crippen LogP contribution < -0.4 is 10.2 Å². The van der Waals surface area contributed by atoms with Crippen LogP contribution in [0.1, 0.15) is 18.4 Å². The van der Waals surface area contributed by atoms with Crippen LogP contribution in [0.3, 0.4) is 0 Å². The van der Waals surface area contributed by atoms with Crippen LogP contribution >= 0.6 is 15.9 Å². The van der Waals surface area contributed by atoms with Crippen LogP contribution in [0.2, 0.25) is 0 Å². The molecule has 2 aromatic rings. The Kier molecular flexibility index (Phi) is 4.36. The molecule has 0 spiro atoms. The number of nitrogens with one attached hydrogen (secondary N) is 1. The highest BCUT2D eigenvalue weighted by Gasteiger charge is 2.41. The van der Waals surface area contributed by atoms with Gasteiger partial charge in [0.05, 0.1) is 5.69 Å². The van der Waals surface area contributed by atoms with E-state index in [4.69, 9.17) is 0 Å². The van der Waals surface area contributed by atoms with Gasteiger partial charge in [-0.2, -0.15) is 0 Å². The number of anilines is 2. The van der Waals surface area contributed by atoms with Gasteiger partial charge >= 0.3 is 0 Å². The van der Waals surface area contributed by atoms with Crippen LogP contribution in [0.15, 0.2) is 40.9 Å². The minimum Gasteiger partial charge on any atom is -0.323 e. The Hall–Kier alpha value is -2.28. The van der Waals surface area contributed by atoms with Gasteiger partial charge in [-0.05, 0) is 42.8 Å². The summed E-state index contributed by atoms with van der Waals surface area (Å²) in [5.41, 5.74) is 1.04. The largest absolute Gasteiger partial charge is 0.323 e. The second-order valence-corrected chi connectivity index (χ2v) is 6.25. The number of benzene rings is 2. The number of fused-ring (bicyclic) bond motifs is 1. The monoisotopic (exact) mass is 394 g/mol. The van der Waals surface area contributed by atoms with Crippen molar-refractivity contribution in [3.8, 4) is 0 Å². The Labute approximate surface area is 145 Å². The summed E-state index contributed by atoms with van der Waals surface area (Å²) in [4.78, 5) is 26.6. The molecule has 0 saturated carbocycles. The Morgan fingerprint density at radius 2 is 2.00 bits per heavy atom. The molecule has 4 nitrogen and oxygen atoms in total. The van der Waals surface area contributed by atoms with Gasteiger partial charge in [0.15, 0.2) is 0 Å². The minimum absolute atomic E-state index is 0.166.